The first kappa shape index (κ1) is 17.9. The van der Waals surface area contributed by atoms with Crippen molar-refractivity contribution in [2.45, 2.75) is 39.2 Å². The van der Waals surface area contributed by atoms with E-state index in [9.17, 15) is 4.79 Å². The van der Waals surface area contributed by atoms with E-state index in [-0.39, 0.29) is 11.3 Å². The van der Waals surface area contributed by atoms with Crippen LogP contribution in [0.15, 0.2) is 12.4 Å². The van der Waals surface area contributed by atoms with Crippen LogP contribution in [0.5, 0.6) is 5.75 Å². The van der Waals surface area contributed by atoms with Gasteiger partial charge in [0.25, 0.3) is 0 Å². The fourth-order valence-electron chi connectivity index (χ4n) is 2.46. The molecule has 0 aromatic carbocycles. The molecule has 7 heteroatoms. The van der Waals surface area contributed by atoms with E-state index in [1.54, 1.807) is 12.4 Å². The van der Waals surface area contributed by atoms with Crippen LogP contribution in [0.4, 0.5) is 0 Å². The molecule has 0 N–H and O–H groups in total. The zero-order valence-electron chi connectivity index (χ0n) is 13.9. The van der Waals surface area contributed by atoms with Gasteiger partial charge in [0, 0.05) is 0 Å². The Labute approximate surface area is 142 Å². The number of carbonyl (C=O) groups excluding carboxylic acids is 1. The van der Waals surface area contributed by atoms with Crippen molar-refractivity contribution in [1.82, 2.24) is 14.9 Å². The molecule has 1 fully saturated rings. The molecule has 0 atom stereocenters. The second kappa shape index (κ2) is 7.93. The van der Waals surface area contributed by atoms with Crippen LogP contribution in [-0.2, 0) is 9.53 Å². The van der Waals surface area contributed by atoms with Gasteiger partial charge in [0.2, 0.25) is 5.28 Å². The molecule has 2 heterocycles. The van der Waals surface area contributed by atoms with Crippen molar-refractivity contribution in [3.8, 4) is 5.75 Å². The highest BCUT2D eigenvalue weighted by atomic mass is 35.5. The summed E-state index contributed by atoms with van der Waals surface area (Å²) in [7, 11) is 0. The van der Waals surface area contributed by atoms with Gasteiger partial charge in [-0.1, -0.05) is 0 Å². The van der Waals surface area contributed by atoms with Gasteiger partial charge in [0.05, 0.1) is 25.5 Å². The largest absolute Gasteiger partial charge is 0.490 e. The Morgan fingerprint density at radius 1 is 1.30 bits per heavy atom. The summed E-state index contributed by atoms with van der Waals surface area (Å²) in [5.74, 6) is 0.941. The Balaban J connectivity index is 1.67. The number of rotatable bonds is 5. The van der Waals surface area contributed by atoms with Crippen molar-refractivity contribution in [2.75, 3.05) is 26.2 Å². The van der Waals surface area contributed by atoms with E-state index in [0.29, 0.717) is 24.8 Å². The lowest BCUT2D eigenvalue weighted by atomic mass is 9.98. The van der Waals surface area contributed by atoms with Gasteiger partial charge in [-0.3, -0.25) is 9.69 Å². The monoisotopic (exact) mass is 341 g/mol. The van der Waals surface area contributed by atoms with Gasteiger partial charge in [0.15, 0.2) is 5.75 Å². The van der Waals surface area contributed by atoms with Gasteiger partial charge in [0.1, 0.15) is 5.60 Å². The molecule has 128 valence electrons. The Kier molecular flexibility index (Phi) is 6.18. The van der Waals surface area contributed by atoms with Crippen LogP contribution in [0, 0.1) is 5.92 Å². The number of nitrogens with zero attached hydrogens (tertiary/aromatic N) is 3. The predicted molar refractivity (Wildman–Crippen MR) is 87.5 cm³/mol. The van der Waals surface area contributed by atoms with Crippen LogP contribution >= 0.6 is 11.6 Å². The number of hydrogen-bond acceptors (Lipinski definition) is 6. The minimum Gasteiger partial charge on any atom is -0.490 e. The van der Waals surface area contributed by atoms with Crippen LogP contribution in [0.3, 0.4) is 0 Å². The predicted octanol–water partition coefficient (Wildman–Crippen LogP) is 2.56. The van der Waals surface area contributed by atoms with E-state index >= 15 is 0 Å². The van der Waals surface area contributed by atoms with E-state index in [1.165, 1.54) is 0 Å². The molecular weight excluding hydrogens is 318 g/mol. The number of carbonyl (C=O) groups is 1. The Morgan fingerprint density at radius 3 is 2.48 bits per heavy atom. The lowest BCUT2D eigenvalue weighted by Crippen LogP contribution is -2.40. The van der Waals surface area contributed by atoms with Crippen LogP contribution in [0.2, 0.25) is 5.28 Å². The second-order valence-corrected chi connectivity index (χ2v) is 7.14. The minimum atomic E-state index is -0.427. The van der Waals surface area contributed by atoms with E-state index in [2.05, 4.69) is 14.9 Å². The highest BCUT2D eigenvalue weighted by Gasteiger charge is 2.24. The maximum Gasteiger partial charge on any atom is 0.320 e. The molecule has 0 spiro atoms. The highest BCUT2D eigenvalue weighted by molar-refractivity contribution is 6.28. The smallest absolute Gasteiger partial charge is 0.320 e. The van der Waals surface area contributed by atoms with Gasteiger partial charge < -0.3 is 9.47 Å². The lowest BCUT2D eigenvalue weighted by Gasteiger charge is -2.31. The Morgan fingerprint density at radius 2 is 1.91 bits per heavy atom. The topological polar surface area (TPSA) is 64.5 Å². The van der Waals surface area contributed by atoms with Gasteiger partial charge in [-0.05, 0) is 64.2 Å². The zero-order chi connectivity index (χ0) is 16.9. The number of aromatic nitrogens is 2. The van der Waals surface area contributed by atoms with Crippen LogP contribution in [-0.4, -0.2) is 52.7 Å². The summed E-state index contributed by atoms with van der Waals surface area (Å²) >= 11 is 5.64. The first-order valence-electron chi connectivity index (χ1n) is 7.86. The van der Waals surface area contributed by atoms with Crippen molar-refractivity contribution in [2.24, 2.45) is 5.92 Å². The number of hydrogen-bond donors (Lipinski definition) is 0. The summed E-state index contributed by atoms with van der Waals surface area (Å²) < 4.78 is 11.0. The molecule has 1 aliphatic heterocycles. The minimum absolute atomic E-state index is 0.162. The van der Waals surface area contributed by atoms with Crippen molar-refractivity contribution in [3.05, 3.63) is 17.7 Å². The Hall–Kier alpha value is -1.40. The molecule has 0 radical (unpaired) electrons. The summed E-state index contributed by atoms with van der Waals surface area (Å²) in [6.07, 6.45) is 5.15. The molecule has 0 saturated carbocycles. The molecule has 2 rings (SSSR count). The highest BCUT2D eigenvalue weighted by Crippen LogP contribution is 2.19. The van der Waals surface area contributed by atoms with Gasteiger partial charge in [-0.15, -0.1) is 0 Å². The van der Waals surface area contributed by atoms with Gasteiger partial charge >= 0.3 is 5.97 Å². The molecule has 0 unspecified atom stereocenters. The fourth-order valence-corrected chi connectivity index (χ4v) is 2.55. The molecule has 1 aromatic rings. The molecule has 6 nitrogen and oxygen atoms in total. The molecule has 0 bridgehead atoms. The molecule has 1 aromatic heterocycles. The Bertz CT molecular complexity index is 508. The second-order valence-electron chi connectivity index (χ2n) is 6.80. The summed E-state index contributed by atoms with van der Waals surface area (Å²) in [5.41, 5.74) is -0.427. The first-order valence-corrected chi connectivity index (χ1v) is 8.24. The van der Waals surface area contributed by atoms with Crippen molar-refractivity contribution in [1.29, 1.82) is 0 Å². The molecule has 0 amide bonds. The standard InChI is InChI=1S/C16H24ClN3O3/c1-16(2,3)23-14(21)10-20-6-4-12(5-7-20)11-22-13-8-18-15(17)19-9-13/h8-9,12H,4-7,10-11H2,1-3H3. The van der Waals surface area contributed by atoms with E-state index in [0.717, 1.165) is 25.9 Å². The molecule has 1 saturated heterocycles. The van der Waals surface area contributed by atoms with E-state index < -0.39 is 5.60 Å². The number of likely N-dealkylation sites (tertiary alicyclic amines) is 1. The number of esters is 1. The van der Waals surface area contributed by atoms with Crippen molar-refractivity contribution in [3.63, 3.8) is 0 Å². The van der Waals surface area contributed by atoms with Crippen molar-refractivity contribution >= 4 is 17.6 Å². The summed E-state index contributed by atoms with van der Waals surface area (Å²) in [6, 6.07) is 0. The number of ether oxygens (including phenoxy) is 2. The molecular formula is C16H24ClN3O3. The van der Waals surface area contributed by atoms with E-state index in [4.69, 9.17) is 21.1 Å². The maximum absolute atomic E-state index is 11.8. The van der Waals surface area contributed by atoms with Gasteiger partial charge in [-0.2, -0.15) is 0 Å². The quantitative estimate of drug-likeness (QED) is 0.606. The average Bonchev–Trinajstić information content (AvgIpc) is 2.46. The maximum atomic E-state index is 11.8. The summed E-state index contributed by atoms with van der Waals surface area (Å²) in [5, 5.41) is 0.216. The summed E-state index contributed by atoms with van der Waals surface area (Å²) in [4.78, 5) is 21.7. The third kappa shape index (κ3) is 6.71. The summed E-state index contributed by atoms with van der Waals surface area (Å²) in [6.45, 7) is 8.40. The lowest BCUT2D eigenvalue weighted by molar-refractivity contribution is -0.156. The van der Waals surface area contributed by atoms with Crippen LogP contribution in [0.25, 0.3) is 0 Å². The fraction of sp³-hybridized carbons (Fsp3) is 0.688. The molecule has 23 heavy (non-hydrogen) atoms. The SMILES string of the molecule is CC(C)(C)OC(=O)CN1CCC(COc2cnc(Cl)nc2)CC1. The van der Waals surface area contributed by atoms with Gasteiger partial charge in [-0.25, -0.2) is 9.97 Å². The third-order valence-electron chi connectivity index (χ3n) is 3.56. The zero-order valence-corrected chi connectivity index (χ0v) is 14.7. The average molecular weight is 342 g/mol. The first-order chi connectivity index (χ1) is 10.8. The third-order valence-corrected chi connectivity index (χ3v) is 3.76. The number of halogens is 1. The number of piperidine rings is 1. The molecule has 0 aliphatic carbocycles. The van der Waals surface area contributed by atoms with E-state index in [1.807, 2.05) is 20.8 Å². The van der Waals surface area contributed by atoms with Crippen LogP contribution < -0.4 is 4.74 Å². The van der Waals surface area contributed by atoms with Crippen LogP contribution in [0.1, 0.15) is 33.6 Å². The molecule has 1 aliphatic rings. The van der Waals surface area contributed by atoms with Crippen molar-refractivity contribution < 1.29 is 14.3 Å². The normalized spacial score (nSPS) is 17.0.